The molecule has 0 radical (unpaired) electrons. The van der Waals surface area contributed by atoms with Crippen molar-refractivity contribution >= 4 is 17.8 Å². The summed E-state index contributed by atoms with van der Waals surface area (Å²) in [5.74, 6) is 0. The Bertz CT molecular complexity index is 290. The van der Waals surface area contributed by atoms with Gasteiger partial charge in [-0.25, -0.2) is 0 Å². The van der Waals surface area contributed by atoms with Crippen LogP contribution in [0.1, 0.15) is 12.5 Å². The first-order chi connectivity index (χ1) is 6.76. The highest BCUT2D eigenvalue weighted by Crippen LogP contribution is 2.15. The first-order valence-electron chi connectivity index (χ1n) is 4.76. The van der Waals surface area contributed by atoms with Crippen LogP contribution in [0.25, 0.3) is 6.08 Å². The van der Waals surface area contributed by atoms with Crippen molar-refractivity contribution in [1.82, 2.24) is 5.32 Å². The maximum Gasteiger partial charge on any atom is 0.0221 e. The van der Waals surface area contributed by atoms with Crippen LogP contribution in [0.2, 0.25) is 0 Å². The second kappa shape index (κ2) is 5.89. The number of hydrogen-bond donors (Lipinski definition) is 1. The van der Waals surface area contributed by atoms with Crippen LogP contribution < -0.4 is 5.32 Å². The third-order valence-electron chi connectivity index (χ3n) is 2.15. The lowest BCUT2D eigenvalue weighted by atomic mass is 10.2. The maximum atomic E-state index is 3.17. The zero-order chi connectivity index (χ0) is 10.4. The summed E-state index contributed by atoms with van der Waals surface area (Å²) in [6, 6.07) is 9.01. The quantitative estimate of drug-likeness (QED) is 0.762. The van der Waals surface area contributed by atoms with Crippen molar-refractivity contribution in [2.75, 3.05) is 13.3 Å². The summed E-state index contributed by atoms with van der Waals surface area (Å²) in [7, 11) is 1.96. The Kier molecular flexibility index (Phi) is 4.77. The first kappa shape index (κ1) is 11.3. The summed E-state index contributed by atoms with van der Waals surface area (Å²) >= 11 is 1.77. The van der Waals surface area contributed by atoms with Gasteiger partial charge >= 0.3 is 0 Å². The molecule has 0 spiro atoms. The molecule has 1 N–H and O–H groups in total. The van der Waals surface area contributed by atoms with E-state index in [9.17, 15) is 0 Å². The summed E-state index contributed by atoms with van der Waals surface area (Å²) in [5, 5.41) is 3.17. The number of nitrogens with one attached hydrogen (secondary N) is 1. The molecule has 14 heavy (non-hydrogen) atoms. The zero-order valence-electron chi connectivity index (χ0n) is 8.95. The van der Waals surface area contributed by atoms with E-state index in [1.165, 1.54) is 10.5 Å². The van der Waals surface area contributed by atoms with Gasteiger partial charge in [-0.3, -0.25) is 0 Å². The molecule has 0 saturated carbocycles. The molecule has 0 bridgehead atoms. The summed E-state index contributed by atoms with van der Waals surface area (Å²) in [6.45, 7) is 2.13. The van der Waals surface area contributed by atoms with Crippen LogP contribution in [0.5, 0.6) is 0 Å². The zero-order valence-corrected chi connectivity index (χ0v) is 9.77. The van der Waals surface area contributed by atoms with Crippen LogP contribution >= 0.6 is 11.8 Å². The molecule has 1 aromatic carbocycles. The molecule has 1 aromatic rings. The fourth-order valence-electron chi connectivity index (χ4n) is 1.07. The van der Waals surface area contributed by atoms with E-state index in [4.69, 9.17) is 0 Å². The molecular weight excluding hydrogens is 190 g/mol. The minimum atomic E-state index is 0.426. The Morgan fingerprint density at radius 1 is 1.29 bits per heavy atom. The van der Waals surface area contributed by atoms with Gasteiger partial charge in [0.05, 0.1) is 0 Å². The molecule has 0 heterocycles. The molecule has 0 aliphatic heterocycles. The summed E-state index contributed by atoms with van der Waals surface area (Å²) in [5.41, 5.74) is 1.25. The highest BCUT2D eigenvalue weighted by Gasteiger charge is 1.91. The maximum absolute atomic E-state index is 3.17. The van der Waals surface area contributed by atoms with Crippen molar-refractivity contribution in [1.29, 1.82) is 0 Å². The molecule has 1 atom stereocenters. The largest absolute Gasteiger partial charge is 0.314 e. The van der Waals surface area contributed by atoms with Crippen molar-refractivity contribution < 1.29 is 0 Å². The predicted molar refractivity (Wildman–Crippen MR) is 65.8 cm³/mol. The highest BCUT2D eigenvalue weighted by molar-refractivity contribution is 7.98. The number of thioether (sulfide) groups is 1. The lowest BCUT2D eigenvalue weighted by molar-refractivity contribution is 0.731. The smallest absolute Gasteiger partial charge is 0.0221 e. The van der Waals surface area contributed by atoms with Crippen LogP contribution in [0.3, 0.4) is 0 Å². The molecule has 2 heteroatoms. The Morgan fingerprint density at radius 3 is 2.43 bits per heavy atom. The molecule has 1 unspecified atom stereocenters. The van der Waals surface area contributed by atoms with Gasteiger partial charge in [0.15, 0.2) is 0 Å². The van der Waals surface area contributed by atoms with Crippen LogP contribution in [0, 0.1) is 0 Å². The SMILES string of the molecule is CNC(C)/C=C/c1ccc(SC)cc1. The number of likely N-dealkylation sites (N-methyl/N-ethyl adjacent to an activating group) is 1. The second-order valence-corrected chi connectivity index (χ2v) is 4.09. The van der Waals surface area contributed by atoms with E-state index in [1.54, 1.807) is 11.8 Å². The molecule has 0 amide bonds. The van der Waals surface area contributed by atoms with E-state index in [2.05, 4.69) is 54.9 Å². The van der Waals surface area contributed by atoms with Crippen LogP contribution in [0.4, 0.5) is 0 Å². The van der Waals surface area contributed by atoms with E-state index < -0.39 is 0 Å². The number of rotatable bonds is 4. The van der Waals surface area contributed by atoms with Gasteiger partial charge in [-0.05, 0) is 37.9 Å². The van der Waals surface area contributed by atoms with Gasteiger partial charge in [-0.1, -0.05) is 24.3 Å². The van der Waals surface area contributed by atoms with E-state index in [-0.39, 0.29) is 0 Å². The van der Waals surface area contributed by atoms with Crippen molar-refractivity contribution in [2.24, 2.45) is 0 Å². The molecule has 0 aliphatic carbocycles. The third-order valence-corrected chi connectivity index (χ3v) is 2.89. The molecule has 0 fully saturated rings. The minimum absolute atomic E-state index is 0.426. The molecular formula is C12H17NS. The van der Waals surface area contributed by atoms with E-state index in [0.717, 1.165) is 0 Å². The van der Waals surface area contributed by atoms with E-state index in [0.29, 0.717) is 6.04 Å². The fourth-order valence-corrected chi connectivity index (χ4v) is 1.47. The van der Waals surface area contributed by atoms with E-state index in [1.807, 2.05) is 7.05 Å². The van der Waals surface area contributed by atoms with Crippen molar-refractivity contribution in [3.8, 4) is 0 Å². The summed E-state index contributed by atoms with van der Waals surface area (Å²) < 4.78 is 0. The minimum Gasteiger partial charge on any atom is -0.314 e. The Balaban J connectivity index is 2.64. The lowest BCUT2D eigenvalue weighted by Crippen LogP contribution is -2.17. The number of hydrogen-bond acceptors (Lipinski definition) is 2. The normalized spacial score (nSPS) is 13.4. The second-order valence-electron chi connectivity index (χ2n) is 3.21. The van der Waals surface area contributed by atoms with Gasteiger partial charge in [-0.2, -0.15) is 0 Å². The fraction of sp³-hybridized carbons (Fsp3) is 0.333. The lowest BCUT2D eigenvalue weighted by Gasteiger charge is -2.02. The molecule has 76 valence electrons. The molecule has 0 aromatic heterocycles. The average molecular weight is 207 g/mol. The standard InChI is InChI=1S/C12H17NS/c1-10(13-2)4-5-11-6-8-12(14-3)9-7-11/h4-10,13H,1-3H3/b5-4+. The van der Waals surface area contributed by atoms with Crippen LogP contribution in [-0.4, -0.2) is 19.3 Å². The molecule has 0 saturated heterocycles. The van der Waals surface area contributed by atoms with Gasteiger partial charge in [0.2, 0.25) is 0 Å². The molecule has 1 nitrogen and oxygen atoms in total. The first-order valence-corrected chi connectivity index (χ1v) is 5.98. The summed E-state index contributed by atoms with van der Waals surface area (Å²) in [4.78, 5) is 1.31. The topological polar surface area (TPSA) is 12.0 Å². The Hall–Kier alpha value is -0.730. The van der Waals surface area contributed by atoms with Gasteiger partial charge < -0.3 is 5.32 Å². The predicted octanol–water partition coefficient (Wildman–Crippen LogP) is 3.03. The van der Waals surface area contributed by atoms with Gasteiger partial charge in [0, 0.05) is 10.9 Å². The monoisotopic (exact) mass is 207 g/mol. The van der Waals surface area contributed by atoms with Gasteiger partial charge in [-0.15, -0.1) is 11.8 Å². The van der Waals surface area contributed by atoms with E-state index >= 15 is 0 Å². The van der Waals surface area contributed by atoms with Gasteiger partial charge in [0.25, 0.3) is 0 Å². The highest BCUT2D eigenvalue weighted by atomic mass is 32.2. The van der Waals surface area contributed by atoms with Crippen LogP contribution in [-0.2, 0) is 0 Å². The molecule has 1 rings (SSSR count). The molecule has 0 aliphatic rings. The average Bonchev–Trinajstić information content (AvgIpc) is 2.26. The Morgan fingerprint density at radius 2 is 1.93 bits per heavy atom. The van der Waals surface area contributed by atoms with Gasteiger partial charge in [0.1, 0.15) is 0 Å². The van der Waals surface area contributed by atoms with Crippen LogP contribution in [0.15, 0.2) is 35.2 Å². The van der Waals surface area contributed by atoms with Crippen molar-refractivity contribution in [2.45, 2.75) is 17.9 Å². The Labute approximate surface area is 90.6 Å². The third kappa shape index (κ3) is 3.56. The van der Waals surface area contributed by atoms with Crippen molar-refractivity contribution in [3.05, 3.63) is 35.9 Å². The number of benzene rings is 1. The summed E-state index contributed by atoms with van der Waals surface area (Å²) in [6.07, 6.45) is 6.40. The van der Waals surface area contributed by atoms with Crippen molar-refractivity contribution in [3.63, 3.8) is 0 Å².